The molecule has 1 amide bonds. The molecule has 0 bridgehead atoms. The quantitative estimate of drug-likeness (QED) is 0.361. The van der Waals surface area contributed by atoms with Crippen LogP contribution >= 0.6 is 11.6 Å². The van der Waals surface area contributed by atoms with E-state index in [2.05, 4.69) is 56.3 Å². The number of alkyl halides is 1. The highest BCUT2D eigenvalue weighted by atomic mass is 35.5. The van der Waals surface area contributed by atoms with Crippen LogP contribution in [0.15, 0.2) is 60.7 Å². The van der Waals surface area contributed by atoms with E-state index in [4.69, 9.17) is 35.5 Å². The van der Waals surface area contributed by atoms with Crippen molar-refractivity contribution in [2.24, 2.45) is 5.92 Å². The van der Waals surface area contributed by atoms with Gasteiger partial charge in [-0.2, -0.15) is 19.2 Å². The van der Waals surface area contributed by atoms with Gasteiger partial charge in [-0.25, -0.2) is 4.79 Å². The summed E-state index contributed by atoms with van der Waals surface area (Å²) in [5.74, 6) is 2.01. The van der Waals surface area contributed by atoms with E-state index in [1.54, 1.807) is 0 Å². The first-order chi connectivity index (χ1) is 18.9. The molecule has 2 aromatic carbocycles. The number of benzene rings is 2. The molecule has 39 heavy (non-hydrogen) atoms. The number of carbonyl (C=O) groups excluding carboxylic acids is 5. The summed E-state index contributed by atoms with van der Waals surface area (Å²) in [6.45, 7) is 5.33. The monoisotopic (exact) mass is 557 g/mol. The number of carbonyl (C=O) groups is 1. The van der Waals surface area contributed by atoms with E-state index in [9.17, 15) is 4.79 Å². The molecule has 0 spiro atoms. The maximum atomic E-state index is 12.0. The molecule has 1 aliphatic heterocycles. The fraction of sp³-hybridized carbons (Fsp3) is 0.516. The Hall–Kier alpha value is -3.24. The molecule has 8 heteroatoms. The van der Waals surface area contributed by atoms with Crippen LogP contribution in [0.4, 0.5) is 4.79 Å². The Bertz CT molecular complexity index is 973. The Morgan fingerprint density at radius 2 is 1.26 bits per heavy atom. The Balaban J connectivity index is 0.000000334. The molecule has 2 fully saturated rings. The van der Waals surface area contributed by atoms with Gasteiger partial charge >= 0.3 is 18.4 Å². The molecule has 2 aromatic rings. The molecule has 0 radical (unpaired) electrons. The van der Waals surface area contributed by atoms with E-state index in [0.717, 1.165) is 37.6 Å². The van der Waals surface area contributed by atoms with Crippen molar-refractivity contribution in [1.29, 1.82) is 0 Å². The Labute approximate surface area is 236 Å². The highest BCUT2D eigenvalue weighted by molar-refractivity contribution is 6.17. The van der Waals surface area contributed by atoms with E-state index >= 15 is 0 Å². The molecule has 1 saturated carbocycles. The SMILES string of the molecule is C[C@H](c1ccccc1)C1CCCCC1.C[C@H](c1ccccc1)C1CCCCN1C(=O)OCCl.O=C=O.O=C=O. The third kappa shape index (κ3) is 12.4. The van der Waals surface area contributed by atoms with Gasteiger partial charge < -0.3 is 9.64 Å². The predicted octanol–water partition coefficient (Wildman–Crippen LogP) is 7.18. The third-order valence-electron chi connectivity index (χ3n) is 7.55. The van der Waals surface area contributed by atoms with Crippen LogP contribution in [0.1, 0.15) is 88.2 Å². The zero-order valence-corrected chi connectivity index (χ0v) is 23.7. The summed E-state index contributed by atoms with van der Waals surface area (Å²) in [7, 11) is 0. The van der Waals surface area contributed by atoms with Gasteiger partial charge in [0, 0.05) is 18.5 Å². The topological polar surface area (TPSA) is 97.8 Å². The van der Waals surface area contributed by atoms with Gasteiger partial charge in [-0.15, -0.1) is 0 Å². The fourth-order valence-electron chi connectivity index (χ4n) is 5.48. The van der Waals surface area contributed by atoms with Crippen molar-refractivity contribution in [3.8, 4) is 0 Å². The van der Waals surface area contributed by atoms with Crippen LogP contribution in [0.3, 0.4) is 0 Å². The van der Waals surface area contributed by atoms with Crippen LogP contribution in [0.2, 0.25) is 0 Å². The predicted molar refractivity (Wildman–Crippen MR) is 148 cm³/mol. The minimum atomic E-state index is -0.289. The highest BCUT2D eigenvalue weighted by Gasteiger charge is 2.32. The molecule has 1 heterocycles. The molecule has 2 aliphatic rings. The van der Waals surface area contributed by atoms with E-state index < -0.39 is 0 Å². The van der Waals surface area contributed by atoms with Gasteiger partial charge in [0.15, 0.2) is 6.07 Å². The molecule has 3 atom stereocenters. The maximum absolute atomic E-state index is 12.0. The largest absolute Gasteiger partial charge is 0.433 e. The molecule has 212 valence electrons. The van der Waals surface area contributed by atoms with Crippen molar-refractivity contribution in [3.05, 3.63) is 71.8 Å². The van der Waals surface area contributed by atoms with E-state index in [0.29, 0.717) is 5.92 Å². The van der Waals surface area contributed by atoms with Crippen LogP contribution in [-0.2, 0) is 23.9 Å². The number of hydrogen-bond donors (Lipinski definition) is 0. The number of halogens is 1. The first-order valence-electron chi connectivity index (χ1n) is 13.5. The second-order valence-corrected chi connectivity index (χ2v) is 9.96. The Morgan fingerprint density at radius 1 is 0.795 bits per heavy atom. The Kier molecular flexibility index (Phi) is 17.9. The third-order valence-corrected chi connectivity index (χ3v) is 7.66. The summed E-state index contributed by atoms with van der Waals surface area (Å²) in [6.07, 6.45) is 10.7. The molecule has 1 aliphatic carbocycles. The highest BCUT2D eigenvalue weighted by Crippen LogP contribution is 2.35. The lowest BCUT2D eigenvalue weighted by Gasteiger charge is -2.38. The molecule has 0 N–H and O–H groups in total. The van der Waals surface area contributed by atoms with Gasteiger partial charge in [-0.3, -0.25) is 0 Å². The normalized spacial score (nSPS) is 18.0. The molecular weight excluding hydrogens is 518 g/mol. The second kappa shape index (κ2) is 20.7. The summed E-state index contributed by atoms with van der Waals surface area (Å²) >= 11 is 5.49. The average molecular weight is 558 g/mol. The van der Waals surface area contributed by atoms with Crippen molar-refractivity contribution in [3.63, 3.8) is 0 Å². The van der Waals surface area contributed by atoms with E-state index in [1.807, 2.05) is 23.1 Å². The molecule has 1 saturated heterocycles. The first-order valence-corrected chi connectivity index (χ1v) is 14.1. The van der Waals surface area contributed by atoms with E-state index in [1.165, 1.54) is 43.2 Å². The van der Waals surface area contributed by atoms with Gasteiger partial charge in [-0.1, -0.05) is 105 Å². The van der Waals surface area contributed by atoms with Gasteiger partial charge in [-0.05, 0) is 55.1 Å². The Morgan fingerprint density at radius 3 is 1.74 bits per heavy atom. The fourth-order valence-corrected chi connectivity index (χ4v) is 5.57. The molecule has 0 aromatic heterocycles. The van der Waals surface area contributed by atoms with Gasteiger partial charge in [0.25, 0.3) is 0 Å². The molecule has 7 nitrogen and oxygen atoms in total. The van der Waals surface area contributed by atoms with Crippen LogP contribution in [0.5, 0.6) is 0 Å². The smallest absolute Gasteiger partial charge is 0.411 e. The standard InChI is InChI=1S/C15H20ClNO2.C14H20.2CO2/c1-12(13-7-3-2-4-8-13)14-9-5-6-10-17(14)15(18)19-11-16;1-12(13-8-4-2-5-9-13)14-10-6-3-7-11-14;2*2-1-3/h2-4,7-8,12,14H,5-6,9-11H2,1H3;2,4-5,8-9,12,14H,3,6-7,10-11H2,1H3;;/t12-,14?;12-;;/m11../s1. The zero-order valence-electron chi connectivity index (χ0n) is 22.9. The lowest BCUT2D eigenvalue weighted by atomic mass is 9.78. The minimum absolute atomic E-state index is 0.0816. The van der Waals surface area contributed by atoms with Gasteiger partial charge in [0.05, 0.1) is 0 Å². The van der Waals surface area contributed by atoms with Gasteiger partial charge in [0.1, 0.15) is 0 Å². The average Bonchev–Trinajstić information content (AvgIpc) is 2.99. The summed E-state index contributed by atoms with van der Waals surface area (Å²) in [5, 5.41) is 0. The number of piperidine rings is 1. The van der Waals surface area contributed by atoms with Crippen molar-refractivity contribution in [1.82, 2.24) is 4.90 Å². The van der Waals surface area contributed by atoms with Crippen LogP contribution in [-0.4, -0.2) is 41.9 Å². The lowest BCUT2D eigenvalue weighted by molar-refractivity contribution is -0.193. The second-order valence-electron chi connectivity index (χ2n) is 9.74. The van der Waals surface area contributed by atoms with Crippen LogP contribution in [0.25, 0.3) is 0 Å². The van der Waals surface area contributed by atoms with Crippen molar-refractivity contribution in [2.45, 2.75) is 83.1 Å². The number of amides is 1. The van der Waals surface area contributed by atoms with Crippen LogP contribution in [0, 0.1) is 5.92 Å². The molecular formula is C31H40ClNO6. The first kappa shape index (κ1) is 33.8. The molecule has 4 rings (SSSR count). The summed E-state index contributed by atoms with van der Waals surface area (Å²) in [5.41, 5.74) is 2.79. The number of likely N-dealkylation sites (tertiary alicyclic amines) is 1. The number of rotatable bonds is 5. The molecule has 1 unspecified atom stereocenters. The van der Waals surface area contributed by atoms with Crippen molar-refractivity contribution >= 4 is 30.0 Å². The van der Waals surface area contributed by atoms with Crippen molar-refractivity contribution in [2.75, 3.05) is 12.6 Å². The number of nitrogens with zero attached hydrogens (tertiary/aromatic N) is 1. The van der Waals surface area contributed by atoms with E-state index in [-0.39, 0.29) is 30.5 Å². The summed E-state index contributed by atoms with van der Waals surface area (Å²) in [6, 6.07) is 21.4. The van der Waals surface area contributed by atoms with Gasteiger partial charge in [0.2, 0.25) is 0 Å². The minimum Gasteiger partial charge on any atom is -0.433 e. The number of ether oxygens (including phenoxy) is 1. The zero-order chi connectivity index (χ0) is 28.9. The van der Waals surface area contributed by atoms with Crippen LogP contribution < -0.4 is 0 Å². The van der Waals surface area contributed by atoms with Crippen molar-refractivity contribution < 1.29 is 28.7 Å². The lowest BCUT2D eigenvalue weighted by Crippen LogP contribution is -2.46. The summed E-state index contributed by atoms with van der Waals surface area (Å²) < 4.78 is 4.95. The summed E-state index contributed by atoms with van der Waals surface area (Å²) in [4.78, 5) is 46.3. The maximum Gasteiger partial charge on any atom is 0.411 e. The number of hydrogen-bond acceptors (Lipinski definition) is 6.